The van der Waals surface area contributed by atoms with E-state index in [-0.39, 0.29) is 11.4 Å². The summed E-state index contributed by atoms with van der Waals surface area (Å²) >= 11 is 0. The first-order valence-electron chi connectivity index (χ1n) is 8.58. The third-order valence-electron chi connectivity index (χ3n) is 4.53. The number of aromatic nitrogens is 2. The minimum atomic E-state index is -3.61. The van der Waals surface area contributed by atoms with E-state index in [4.69, 9.17) is 4.74 Å². The standard InChI is InChI=1S/C18H21N3O3S/c1-13-10-15(20-18(19-13)11-14-6-7-14)12-21-8-9-24-16-4-2-3-5-17(16)25(21,22)23/h2-5,10,14H,6-9,11-12H2,1H3. The smallest absolute Gasteiger partial charge is 0.247 e. The summed E-state index contributed by atoms with van der Waals surface area (Å²) in [6.45, 7) is 2.80. The van der Waals surface area contributed by atoms with Gasteiger partial charge in [-0.3, -0.25) is 0 Å². The fraction of sp³-hybridized carbons (Fsp3) is 0.444. The Morgan fingerprint density at radius 3 is 2.84 bits per heavy atom. The lowest BCUT2D eigenvalue weighted by Gasteiger charge is -2.19. The number of sulfonamides is 1. The van der Waals surface area contributed by atoms with Crippen LogP contribution < -0.4 is 4.74 Å². The average molecular weight is 359 g/mol. The van der Waals surface area contributed by atoms with E-state index < -0.39 is 10.0 Å². The van der Waals surface area contributed by atoms with E-state index in [1.807, 2.05) is 13.0 Å². The Balaban J connectivity index is 1.63. The maximum Gasteiger partial charge on any atom is 0.247 e. The lowest BCUT2D eigenvalue weighted by atomic mass is 10.2. The van der Waals surface area contributed by atoms with Crippen molar-refractivity contribution in [3.63, 3.8) is 0 Å². The van der Waals surface area contributed by atoms with Gasteiger partial charge in [0.1, 0.15) is 23.1 Å². The zero-order chi connectivity index (χ0) is 17.4. The average Bonchev–Trinajstić information content (AvgIpc) is 3.38. The van der Waals surface area contributed by atoms with E-state index in [0.717, 1.165) is 23.6 Å². The predicted molar refractivity (Wildman–Crippen MR) is 92.7 cm³/mol. The van der Waals surface area contributed by atoms with E-state index in [0.29, 0.717) is 24.8 Å². The van der Waals surface area contributed by atoms with Crippen LogP contribution in [0.2, 0.25) is 0 Å². The van der Waals surface area contributed by atoms with Gasteiger partial charge < -0.3 is 4.74 Å². The molecule has 6 nitrogen and oxygen atoms in total. The number of fused-ring (bicyclic) bond motifs is 1. The van der Waals surface area contributed by atoms with Gasteiger partial charge in [-0.05, 0) is 43.9 Å². The molecule has 0 saturated heterocycles. The lowest BCUT2D eigenvalue weighted by molar-refractivity contribution is 0.277. The normalized spacial score (nSPS) is 19.7. The Kier molecular flexibility index (Phi) is 4.21. The van der Waals surface area contributed by atoms with Crippen LogP contribution in [0.3, 0.4) is 0 Å². The molecule has 7 heteroatoms. The molecule has 25 heavy (non-hydrogen) atoms. The van der Waals surface area contributed by atoms with Crippen molar-refractivity contribution < 1.29 is 13.2 Å². The number of benzene rings is 1. The van der Waals surface area contributed by atoms with Crippen molar-refractivity contribution in [3.8, 4) is 5.75 Å². The highest BCUT2D eigenvalue weighted by Crippen LogP contribution is 2.32. The predicted octanol–water partition coefficient (Wildman–Crippen LogP) is 2.32. The van der Waals surface area contributed by atoms with Crippen molar-refractivity contribution >= 4 is 10.0 Å². The fourth-order valence-electron chi connectivity index (χ4n) is 3.10. The third kappa shape index (κ3) is 3.52. The van der Waals surface area contributed by atoms with Crippen LogP contribution in [0.25, 0.3) is 0 Å². The topological polar surface area (TPSA) is 72.4 Å². The first-order valence-corrected chi connectivity index (χ1v) is 10.0. The third-order valence-corrected chi connectivity index (χ3v) is 6.41. The van der Waals surface area contributed by atoms with Crippen LogP contribution in [0.15, 0.2) is 35.2 Å². The number of para-hydroxylation sites is 1. The molecule has 0 spiro atoms. The molecule has 1 aromatic carbocycles. The van der Waals surface area contributed by atoms with Crippen molar-refractivity contribution in [3.05, 3.63) is 47.5 Å². The van der Waals surface area contributed by atoms with E-state index in [2.05, 4.69) is 9.97 Å². The van der Waals surface area contributed by atoms with Gasteiger partial charge in [0.15, 0.2) is 0 Å². The Morgan fingerprint density at radius 2 is 2.04 bits per heavy atom. The summed E-state index contributed by atoms with van der Waals surface area (Å²) in [5.74, 6) is 1.93. The van der Waals surface area contributed by atoms with Crippen LogP contribution in [0.5, 0.6) is 5.75 Å². The summed E-state index contributed by atoms with van der Waals surface area (Å²) < 4.78 is 33.0. The van der Waals surface area contributed by atoms with Gasteiger partial charge >= 0.3 is 0 Å². The summed E-state index contributed by atoms with van der Waals surface area (Å²) in [6, 6.07) is 8.64. The highest BCUT2D eigenvalue weighted by atomic mass is 32.2. The Hall–Kier alpha value is -1.99. The number of ether oxygens (including phenoxy) is 1. The van der Waals surface area contributed by atoms with Crippen LogP contribution in [-0.4, -0.2) is 35.8 Å². The molecule has 1 saturated carbocycles. The lowest BCUT2D eigenvalue weighted by Crippen LogP contribution is -2.32. The highest BCUT2D eigenvalue weighted by molar-refractivity contribution is 7.89. The van der Waals surface area contributed by atoms with E-state index in [9.17, 15) is 8.42 Å². The van der Waals surface area contributed by atoms with Crippen LogP contribution in [0.4, 0.5) is 0 Å². The van der Waals surface area contributed by atoms with E-state index in [1.54, 1.807) is 24.3 Å². The molecule has 1 aliphatic carbocycles. The van der Waals surface area contributed by atoms with Gasteiger partial charge in [-0.25, -0.2) is 18.4 Å². The van der Waals surface area contributed by atoms with Crippen molar-refractivity contribution in [2.24, 2.45) is 5.92 Å². The van der Waals surface area contributed by atoms with Gasteiger partial charge in [0.25, 0.3) is 0 Å². The van der Waals surface area contributed by atoms with E-state index in [1.165, 1.54) is 17.1 Å². The van der Waals surface area contributed by atoms with Crippen molar-refractivity contribution in [1.82, 2.24) is 14.3 Å². The quantitative estimate of drug-likeness (QED) is 0.838. The minimum absolute atomic E-state index is 0.219. The second-order valence-corrected chi connectivity index (χ2v) is 8.60. The van der Waals surface area contributed by atoms with Gasteiger partial charge in [-0.1, -0.05) is 12.1 Å². The summed E-state index contributed by atoms with van der Waals surface area (Å²) in [7, 11) is -3.61. The molecular weight excluding hydrogens is 338 g/mol. The molecule has 0 atom stereocenters. The molecule has 0 bridgehead atoms. The Bertz CT molecular complexity index is 894. The van der Waals surface area contributed by atoms with Gasteiger partial charge in [0.2, 0.25) is 10.0 Å². The maximum absolute atomic E-state index is 13.0. The number of hydrogen-bond acceptors (Lipinski definition) is 5. The van der Waals surface area contributed by atoms with Gasteiger partial charge in [-0.2, -0.15) is 4.31 Å². The fourth-order valence-corrected chi connectivity index (χ4v) is 4.62. The molecule has 0 N–H and O–H groups in total. The van der Waals surface area contributed by atoms with Crippen LogP contribution >= 0.6 is 0 Å². The Morgan fingerprint density at radius 1 is 1.24 bits per heavy atom. The molecule has 2 aliphatic rings. The number of hydrogen-bond donors (Lipinski definition) is 0. The summed E-state index contributed by atoms with van der Waals surface area (Å²) in [6.07, 6.45) is 3.36. The molecule has 1 aromatic heterocycles. The van der Waals surface area contributed by atoms with E-state index >= 15 is 0 Å². The summed E-state index contributed by atoms with van der Waals surface area (Å²) in [5, 5.41) is 0. The molecule has 0 unspecified atom stereocenters. The molecule has 1 aliphatic heterocycles. The first-order chi connectivity index (χ1) is 12.0. The van der Waals surface area contributed by atoms with Gasteiger partial charge in [-0.15, -0.1) is 0 Å². The number of nitrogens with zero attached hydrogens (tertiary/aromatic N) is 3. The SMILES string of the molecule is Cc1cc(CN2CCOc3ccccc3S2(=O)=O)nc(CC2CC2)n1. The number of rotatable bonds is 4. The van der Waals surface area contributed by atoms with Crippen molar-refractivity contribution in [1.29, 1.82) is 0 Å². The highest BCUT2D eigenvalue weighted by Gasteiger charge is 2.31. The summed E-state index contributed by atoms with van der Waals surface area (Å²) in [4.78, 5) is 9.32. The molecule has 0 amide bonds. The zero-order valence-corrected chi connectivity index (χ0v) is 15.0. The monoisotopic (exact) mass is 359 g/mol. The molecular formula is C18H21N3O3S. The molecule has 2 heterocycles. The van der Waals surface area contributed by atoms with Gasteiger partial charge in [0.05, 0.1) is 12.2 Å². The van der Waals surface area contributed by atoms with Crippen molar-refractivity contribution in [2.75, 3.05) is 13.2 Å². The molecule has 4 rings (SSSR count). The first kappa shape index (κ1) is 16.5. The van der Waals surface area contributed by atoms with Crippen LogP contribution in [-0.2, 0) is 23.0 Å². The van der Waals surface area contributed by atoms with Crippen molar-refractivity contribution in [2.45, 2.75) is 37.6 Å². The summed E-state index contributed by atoms with van der Waals surface area (Å²) in [5.41, 5.74) is 1.62. The van der Waals surface area contributed by atoms with Crippen LogP contribution in [0.1, 0.15) is 30.1 Å². The number of aryl methyl sites for hydroxylation is 1. The Labute approximate surface area is 147 Å². The second kappa shape index (κ2) is 6.38. The molecule has 2 aromatic rings. The second-order valence-electron chi connectivity index (χ2n) is 6.70. The maximum atomic E-state index is 13.0. The molecule has 0 radical (unpaired) electrons. The minimum Gasteiger partial charge on any atom is -0.491 e. The van der Waals surface area contributed by atoms with Crippen LogP contribution in [0, 0.1) is 12.8 Å². The molecule has 1 fully saturated rings. The molecule has 132 valence electrons. The largest absolute Gasteiger partial charge is 0.491 e. The van der Waals surface area contributed by atoms with Gasteiger partial charge in [0, 0.05) is 18.7 Å². The zero-order valence-electron chi connectivity index (χ0n) is 14.2.